The third-order valence-electron chi connectivity index (χ3n) is 5.08. The molecule has 0 amide bonds. The summed E-state index contributed by atoms with van der Waals surface area (Å²) in [4.78, 5) is 2.55. The van der Waals surface area contributed by atoms with Crippen LogP contribution in [0.15, 0.2) is 18.2 Å². The summed E-state index contributed by atoms with van der Waals surface area (Å²) < 4.78 is 5.92. The highest BCUT2D eigenvalue weighted by atomic mass is 16.5. The van der Waals surface area contributed by atoms with E-state index in [0.717, 1.165) is 44.2 Å². The van der Waals surface area contributed by atoms with Crippen LogP contribution < -0.4 is 10.1 Å². The second-order valence-corrected chi connectivity index (χ2v) is 7.12. The van der Waals surface area contributed by atoms with Crippen molar-refractivity contribution in [3.8, 4) is 5.75 Å². The highest BCUT2D eigenvalue weighted by Crippen LogP contribution is 2.26. The van der Waals surface area contributed by atoms with Crippen molar-refractivity contribution in [2.24, 2.45) is 0 Å². The van der Waals surface area contributed by atoms with Crippen molar-refractivity contribution in [1.82, 2.24) is 4.90 Å². The maximum atomic E-state index is 5.92. The van der Waals surface area contributed by atoms with Gasteiger partial charge >= 0.3 is 0 Å². The molecule has 1 atom stereocenters. The van der Waals surface area contributed by atoms with Gasteiger partial charge in [-0.15, -0.1) is 0 Å². The lowest BCUT2D eigenvalue weighted by Gasteiger charge is -2.32. The molecule has 1 aromatic rings. The van der Waals surface area contributed by atoms with Crippen LogP contribution in [0.4, 0.5) is 5.69 Å². The molecule has 1 saturated heterocycles. The first-order valence-corrected chi connectivity index (χ1v) is 9.94. The standard InChI is InChI=1S/C21H36N2O/c1-4-6-16-24-20-12-13-21(22-14-5-2)18(17-20)10-11-19-9-7-8-15-23(19)3/h12-13,17,19,22H,4-11,14-16H2,1-3H3. The second-order valence-electron chi connectivity index (χ2n) is 7.12. The lowest BCUT2D eigenvalue weighted by Crippen LogP contribution is -2.36. The van der Waals surface area contributed by atoms with Crippen molar-refractivity contribution >= 4 is 5.69 Å². The fraction of sp³-hybridized carbons (Fsp3) is 0.714. The molecule has 3 nitrogen and oxygen atoms in total. The fourth-order valence-electron chi connectivity index (χ4n) is 3.46. The van der Waals surface area contributed by atoms with Crippen LogP contribution in [0.25, 0.3) is 0 Å². The molecule has 0 saturated carbocycles. The second kappa shape index (κ2) is 10.6. The lowest BCUT2D eigenvalue weighted by molar-refractivity contribution is 0.176. The summed E-state index contributed by atoms with van der Waals surface area (Å²) >= 11 is 0. The molecule has 136 valence electrons. The van der Waals surface area contributed by atoms with E-state index in [0.29, 0.717) is 0 Å². The third kappa shape index (κ3) is 6.01. The van der Waals surface area contributed by atoms with E-state index in [1.54, 1.807) is 0 Å². The van der Waals surface area contributed by atoms with Gasteiger partial charge in [-0.3, -0.25) is 0 Å². The van der Waals surface area contributed by atoms with E-state index in [2.05, 4.69) is 49.3 Å². The number of aryl methyl sites for hydroxylation is 1. The summed E-state index contributed by atoms with van der Waals surface area (Å²) in [5.41, 5.74) is 2.70. The predicted octanol–water partition coefficient (Wildman–Crippen LogP) is 5.10. The summed E-state index contributed by atoms with van der Waals surface area (Å²) in [5, 5.41) is 3.59. The third-order valence-corrected chi connectivity index (χ3v) is 5.08. The maximum Gasteiger partial charge on any atom is 0.119 e. The Bertz CT molecular complexity index is 475. The van der Waals surface area contributed by atoms with Crippen LogP contribution in [0.3, 0.4) is 0 Å². The van der Waals surface area contributed by atoms with Gasteiger partial charge in [-0.05, 0) is 75.9 Å². The van der Waals surface area contributed by atoms with Crippen molar-refractivity contribution in [2.75, 3.05) is 32.1 Å². The van der Waals surface area contributed by atoms with Crippen molar-refractivity contribution in [2.45, 2.75) is 71.3 Å². The largest absolute Gasteiger partial charge is 0.494 e. The number of piperidine rings is 1. The summed E-state index contributed by atoms with van der Waals surface area (Å²) in [6, 6.07) is 7.32. The molecule has 1 aliphatic heterocycles. The van der Waals surface area contributed by atoms with Crippen LogP contribution in [0.1, 0.15) is 64.4 Å². The Balaban J connectivity index is 2.00. The van der Waals surface area contributed by atoms with Gasteiger partial charge in [0.1, 0.15) is 5.75 Å². The van der Waals surface area contributed by atoms with Crippen molar-refractivity contribution in [3.63, 3.8) is 0 Å². The molecule has 2 rings (SSSR count). The van der Waals surface area contributed by atoms with Crippen molar-refractivity contribution in [1.29, 1.82) is 0 Å². The normalized spacial score (nSPS) is 18.5. The number of hydrogen-bond acceptors (Lipinski definition) is 3. The van der Waals surface area contributed by atoms with E-state index in [4.69, 9.17) is 4.74 Å². The quantitative estimate of drug-likeness (QED) is 0.603. The molecule has 0 radical (unpaired) electrons. The van der Waals surface area contributed by atoms with Crippen LogP contribution in [0, 0.1) is 0 Å². The zero-order valence-electron chi connectivity index (χ0n) is 15.9. The average Bonchev–Trinajstić information content (AvgIpc) is 2.60. The van der Waals surface area contributed by atoms with Gasteiger partial charge in [0, 0.05) is 18.3 Å². The predicted molar refractivity (Wildman–Crippen MR) is 104 cm³/mol. The first kappa shape index (κ1) is 19.1. The van der Waals surface area contributed by atoms with Gasteiger partial charge in [0.25, 0.3) is 0 Å². The molecule has 1 aliphatic rings. The van der Waals surface area contributed by atoms with E-state index in [1.165, 1.54) is 49.9 Å². The first-order chi connectivity index (χ1) is 11.7. The van der Waals surface area contributed by atoms with E-state index in [-0.39, 0.29) is 0 Å². The highest BCUT2D eigenvalue weighted by molar-refractivity contribution is 5.54. The number of unbranched alkanes of at least 4 members (excludes halogenated alkanes) is 1. The highest BCUT2D eigenvalue weighted by Gasteiger charge is 2.19. The Morgan fingerprint density at radius 2 is 2.08 bits per heavy atom. The Labute approximate surface area is 148 Å². The Hall–Kier alpha value is -1.22. The Morgan fingerprint density at radius 3 is 2.83 bits per heavy atom. The molecule has 1 unspecified atom stereocenters. The zero-order valence-corrected chi connectivity index (χ0v) is 15.9. The van der Waals surface area contributed by atoms with E-state index < -0.39 is 0 Å². The Kier molecular flexibility index (Phi) is 8.44. The van der Waals surface area contributed by atoms with E-state index in [9.17, 15) is 0 Å². The van der Waals surface area contributed by atoms with Gasteiger partial charge in [0.2, 0.25) is 0 Å². The SMILES string of the molecule is CCCCOc1ccc(NCCC)c(CCC2CCCCN2C)c1. The molecular weight excluding hydrogens is 296 g/mol. The number of rotatable bonds is 10. The van der Waals surface area contributed by atoms with Crippen LogP contribution >= 0.6 is 0 Å². The number of ether oxygens (including phenoxy) is 1. The van der Waals surface area contributed by atoms with Crippen LogP contribution in [0.5, 0.6) is 5.75 Å². The van der Waals surface area contributed by atoms with Gasteiger partial charge in [0.05, 0.1) is 6.61 Å². The molecule has 1 aromatic carbocycles. The molecule has 0 aromatic heterocycles. The smallest absolute Gasteiger partial charge is 0.119 e. The summed E-state index contributed by atoms with van der Waals surface area (Å²) in [7, 11) is 2.28. The number of anilines is 1. The van der Waals surface area contributed by atoms with Crippen LogP contribution in [-0.4, -0.2) is 37.7 Å². The van der Waals surface area contributed by atoms with Gasteiger partial charge in [0.15, 0.2) is 0 Å². The van der Waals surface area contributed by atoms with Gasteiger partial charge in [-0.25, -0.2) is 0 Å². The molecule has 3 heteroatoms. The molecule has 0 bridgehead atoms. The zero-order chi connectivity index (χ0) is 17.2. The fourth-order valence-corrected chi connectivity index (χ4v) is 3.46. The Morgan fingerprint density at radius 1 is 1.21 bits per heavy atom. The van der Waals surface area contributed by atoms with Crippen molar-refractivity contribution < 1.29 is 4.74 Å². The molecule has 1 fully saturated rings. The molecule has 1 heterocycles. The molecule has 1 N–H and O–H groups in total. The topological polar surface area (TPSA) is 24.5 Å². The van der Waals surface area contributed by atoms with Crippen LogP contribution in [-0.2, 0) is 6.42 Å². The summed E-state index contributed by atoms with van der Waals surface area (Å²) in [5.74, 6) is 1.03. The number of nitrogens with one attached hydrogen (secondary N) is 1. The van der Waals surface area contributed by atoms with Gasteiger partial charge < -0.3 is 15.0 Å². The monoisotopic (exact) mass is 332 g/mol. The molecule has 0 aliphatic carbocycles. The van der Waals surface area contributed by atoms with Crippen molar-refractivity contribution in [3.05, 3.63) is 23.8 Å². The number of likely N-dealkylation sites (tertiary alicyclic amines) is 1. The summed E-state index contributed by atoms with van der Waals surface area (Å²) in [6.07, 6.45) is 9.92. The minimum Gasteiger partial charge on any atom is -0.494 e. The maximum absolute atomic E-state index is 5.92. The molecule has 0 spiro atoms. The number of benzene rings is 1. The minimum atomic E-state index is 0.738. The van der Waals surface area contributed by atoms with Gasteiger partial charge in [-0.2, -0.15) is 0 Å². The molecule has 24 heavy (non-hydrogen) atoms. The van der Waals surface area contributed by atoms with Crippen LogP contribution in [0.2, 0.25) is 0 Å². The first-order valence-electron chi connectivity index (χ1n) is 9.94. The number of hydrogen-bond donors (Lipinski definition) is 1. The number of nitrogens with zero attached hydrogens (tertiary/aromatic N) is 1. The van der Waals surface area contributed by atoms with E-state index in [1.807, 2.05) is 0 Å². The molecular formula is C21H36N2O. The average molecular weight is 333 g/mol. The van der Waals surface area contributed by atoms with Gasteiger partial charge in [-0.1, -0.05) is 26.7 Å². The lowest BCUT2D eigenvalue weighted by atomic mass is 9.95. The summed E-state index contributed by atoms with van der Waals surface area (Å²) in [6.45, 7) is 7.53. The van der Waals surface area contributed by atoms with E-state index >= 15 is 0 Å². The minimum absolute atomic E-state index is 0.738.